The first-order chi connectivity index (χ1) is 13.9. The summed E-state index contributed by atoms with van der Waals surface area (Å²) in [4.78, 5) is 4.16. The average Bonchev–Trinajstić information content (AvgIpc) is 2.72. The first-order valence-electron chi connectivity index (χ1n) is 8.79. The molecule has 9 heteroatoms. The summed E-state index contributed by atoms with van der Waals surface area (Å²) in [5.74, 6) is 1.60. The molecule has 2 aromatic carbocycles. The van der Waals surface area contributed by atoms with Crippen LogP contribution in [0.5, 0.6) is 17.2 Å². The summed E-state index contributed by atoms with van der Waals surface area (Å²) in [7, 11) is 4.63. The van der Waals surface area contributed by atoms with Crippen molar-refractivity contribution in [1.29, 1.82) is 0 Å². The number of rotatable bonds is 8. The third kappa shape index (κ3) is 7.10. The zero-order valence-corrected chi connectivity index (χ0v) is 16.5. The van der Waals surface area contributed by atoms with Gasteiger partial charge in [-0.25, -0.2) is 0 Å². The molecule has 0 aromatic heterocycles. The van der Waals surface area contributed by atoms with Gasteiger partial charge in [0.2, 0.25) is 0 Å². The molecule has 158 valence electrons. The quantitative estimate of drug-likeness (QED) is 0.514. The van der Waals surface area contributed by atoms with E-state index in [0.29, 0.717) is 19.0 Å². The molecule has 0 spiro atoms. The Kier molecular flexibility index (Phi) is 7.99. The van der Waals surface area contributed by atoms with Gasteiger partial charge in [-0.3, -0.25) is 4.99 Å². The van der Waals surface area contributed by atoms with Crippen molar-refractivity contribution in [2.75, 3.05) is 27.9 Å². The average molecular weight is 411 g/mol. The molecule has 0 amide bonds. The van der Waals surface area contributed by atoms with E-state index < -0.39 is 12.8 Å². The Bertz CT molecular complexity index is 826. The highest BCUT2D eigenvalue weighted by Gasteiger charge is 2.29. The molecule has 0 saturated carbocycles. The van der Waals surface area contributed by atoms with E-state index in [2.05, 4.69) is 15.6 Å². The lowest BCUT2D eigenvalue weighted by molar-refractivity contribution is -0.153. The second-order valence-electron chi connectivity index (χ2n) is 5.98. The number of methoxy groups -OCH3 is 2. The van der Waals surface area contributed by atoms with Crippen molar-refractivity contribution in [3.63, 3.8) is 0 Å². The summed E-state index contributed by atoms with van der Waals surface area (Å²) in [5, 5.41) is 6.33. The van der Waals surface area contributed by atoms with E-state index in [0.717, 1.165) is 16.9 Å². The van der Waals surface area contributed by atoms with Crippen LogP contribution < -0.4 is 24.8 Å². The maximum atomic E-state index is 12.3. The summed E-state index contributed by atoms with van der Waals surface area (Å²) in [6.07, 6.45) is -4.41. The van der Waals surface area contributed by atoms with E-state index in [-0.39, 0.29) is 11.5 Å². The number of halogens is 3. The van der Waals surface area contributed by atoms with Crippen LogP contribution in [-0.2, 0) is 13.1 Å². The van der Waals surface area contributed by atoms with Gasteiger partial charge in [0, 0.05) is 25.7 Å². The number of aliphatic imine (C=N–C) groups is 1. The van der Waals surface area contributed by atoms with Crippen LogP contribution >= 0.6 is 0 Å². The third-order valence-electron chi connectivity index (χ3n) is 3.94. The minimum atomic E-state index is -4.41. The van der Waals surface area contributed by atoms with Gasteiger partial charge >= 0.3 is 6.18 Å². The van der Waals surface area contributed by atoms with Crippen LogP contribution in [0, 0.1) is 0 Å². The number of guanidine groups is 1. The number of hydrogen-bond donors (Lipinski definition) is 2. The molecular formula is C20H24F3N3O3. The SMILES string of the molecule is CN=C(NCc1ccc(OCC(F)(F)F)c(OC)c1)NCc1ccccc1OC. The van der Waals surface area contributed by atoms with Gasteiger partial charge in [0.15, 0.2) is 24.1 Å². The van der Waals surface area contributed by atoms with Crippen molar-refractivity contribution in [2.24, 2.45) is 4.99 Å². The second kappa shape index (κ2) is 10.4. The molecule has 2 aromatic rings. The van der Waals surface area contributed by atoms with Gasteiger partial charge in [0.25, 0.3) is 0 Å². The fourth-order valence-electron chi connectivity index (χ4n) is 2.54. The molecule has 0 fully saturated rings. The highest BCUT2D eigenvalue weighted by atomic mass is 19.4. The highest BCUT2D eigenvalue weighted by molar-refractivity contribution is 5.79. The maximum Gasteiger partial charge on any atom is 0.422 e. The van der Waals surface area contributed by atoms with E-state index in [1.165, 1.54) is 13.2 Å². The summed E-state index contributed by atoms with van der Waals surface area (Å²) in [6.45, 7) is -0.473. The fourth-order valence-corrected chi connectivity index (χ4v) is 2.54. The number of ether oxygens (including phenoxy) is 3. The van der Waals surface area contributed by atoms with E-state index in [9.17, 15) is 13.2 Å². The standard InChI is InChI=1S/C20H24F3N3O3/c1-24-19(26-12-15-6-4-5-7-16(15)27-2)25-11-14-8-9-17(18(10-14)28-3)29-13-20(21,22)23/h4-10H,11-13H2,1-3H3,(H2,24,25,26). The van der Waals surface area contributed by atoms with Crippen LogP contribution in [0.2, 0.25) is 0 Å². The summed E-state index contributed by atoms with van der Waals surface area (Å²) >= 11 is 0. The molecule has 0 aliphatic rings. The Hall–Kier alpha value is -3.10. The molecule has 0 atom stereocenters. The molecule has 0 heterocycles. The lowest BCUT2D eigenvalue weighted by Gasteiger charge is -2.15. The molecule has 0 bridgehead atoms. The first kappa shape index (κ1) is 22.2. The molecule has 6 nitrogen and oxygen atoms in total. The Morgan fingerprint density at radius 3 is 2.28 bits per heavy atom. The minimum absolute atomic E-state index is 0.0345. The largest absolute Gasteiger partial charge is 0.496 e. The van der Waals surface area contributed by atoms with Gasteiger partial charge in [-0.05, 0) is 23.8 Å². The van der Waals surface area contributed by atoms with Crippen LogP contribution in [0.1, 0.15) is 11.1 Å². The topological polar surface area (TPSA) is 64.1 Å². The predicted octanol–water partition coefficient (Wildman–Crippen LogP) is 3.51. The fraction of sp³-hybridized carbons (Fsp3) is 0.350. The van der Waals surface area contributed by atoms with E-state index in [1.54, 1.807) is 26.3 Å². The smallest absolute Gasteiger partial charge is 0.422 e. The maximum absolute atomic E-state index is 12.3. The number of nitrogens with one attached hydrogen (secondary N) is 2. The molecule has 29 heavy (non-hydrogen) atoms. The minimum Gasteiger partial charge on any atom is -0.496 e. The molecule has 2 rings (SSSR count). The molecule has 0 aliphatic carbocycles. The zero-order chi connectivity index (χ0) is 21.3. The van der Waals surface area contributed by atoms with Gasteiger partial charge in [-0.15, -0.1) is 0 Å². The van der Waals surface area contributed by atoms with Crippen molar-refractivity contribution < 1.29 is 27.4 Å². The summed E-state index contributed by atoms with van der Waals surface area (Å²) in [6, 6.07) is 12.4. The van der Waals surface area contributed by atoms with Gasteiger partial charge in [-0.1, -0.05) is 24.3 Å². The van der Waals surface area contributed by atoms with Crippen LogP contribution in [0.4, 0.5) is 13.2 Å². The van der Waals surface area contributed by atoms with Crippen molar-refractivity contribution >= 4 is 5.96 Å². The Morgan fingerprint density at radius 1 is 0.931 bits per heavy atom. The first-order valence-corrected chi connectivity index (χ1v) is 8.79. The Morgan fingerprint density at radius 2 is 1.62 bits per heavy atom. The highest BCUT2D eigenvalue weighted by Crippen LogP contribution is 2.29. The van der Waals surface area contributed by atoms with E-state index >= 15 is 0 Å². The lowest BCUT2D eigenvalue weighted by atomic mass is 10.2. The number of benzene rings is 2. The molecule has 0 radical (unpaired) electrons. The van der Waals surface area contributed by atoms with Crippen molar-refractivity contribution in [3.05, 3.63) is 53.6 Å². The molecular weight excluding hydrogens is 387 g/mol. The van der Waals surface area contributed by atoms with Gasteiger partial charge < -0.3 is 24.8 Å². The Balaban J connectivity index is 1.95. The zero-order valence-electron chi connectivity index (χ0n) is 16.5. The summed E-state index contributed by atoms with van der Waals surface area (Å²) in [5.41, 5.74) is 1.77. The molecule has 0 saturated heterocycles. The van der Waals surface area contributed by atoms with Gasteiger partial charge in [0.1, 0.15) is 5.75 Å². The van der Waals surface area contributed by atoms with Gasteiger partial charge in [-0.2, -0.15) is 13.2 Å². The van der Waals surface area contributed by atoms with Crippen molar-refractivity contribution in [3.8, 4) is 17.2 Å². The summed E-state index contributed by atoms with van der Waals surface area (Å²) < 4.78 is 52.3. The normalized spacial score (nSPS) is 11.7. The molecule has 2 N–H and O–H groups in total. The predicted molar refractivity (Wildman–Crippen MR) is 105 cm³/mol. The van der Waals surface area contributed by atoms with Crippen LogP contribution in [-0.4, -0.2) is 40.0 Å². The lowest BCUT2D eigenvalue weighted by Crippen LogP contribution is -2.36. The third-order valence-corrected chi connectivity index (χ3v) is 3.94. The van der Waals surface area contributed by atoms with Crippen molar-refractivity contribution in [1.82, 2.24) is 10.6 Å². The second-order valence-corrected chi connectivity index (χ2v) is 5.98. The number of para-hydroxylation sites is 1. The number of hydrogen-bond acceptors (Lipinski definition) is 4. The Labute approximate surface area is 167 Å². The molecule has 0 aliphatic heterocycles. The van der Waals surface area contributed by atoms with Gasteiger partial charge in [0.05, 0.1) is 14.2 Å². The van der Waals surface area contributed by atoms with Crippen LogP contribution in [0.3, 0.4) is 0 Å². The van der Waals surface area contributed by atoms with Crippen LogP contribution in [0.15, 0.2) is 47.5 Å². The van der Waals surface area contributed by atoms with Crippen molar-refractivity contribution in [2.45, 2.75) is 19.3 Å². The monoisotopic (exact) mass is 411 g/mol. The number of nitrogens with zero attached hydrogens (tertiary/aromatic N) is 1. The van der Waals surface area contributed by atoms with E-state index in [4.69, 9.17) is 14.2 Å². The molecule has 0 unspecified atom stereocenters. The number of alkyl halides is 3. The van der Waals surface area contributed by atoms with Crippen LogP contribution in [0.25, 0.3) is 0 Å². The van der Waals surface area contributed by atoms with E-state index in [1.807, 2.05) is 24.3 Å².